The van der Waals surface area contributed by atoms with Gasteiger partial charge in [0.15, 0.2) is 0 Å². The van der Waals surface area contributed by atoms with Crippen LogP contribution >= 0.6 is 23.2 Å². The second-order valence-corrected chi connectivity index (χ2v) is 5.50. The normalized spacial score (nSPS) is 11.1. The van der Waals surface area contributed by atoms with Gasteiger partial charge in [-0.15, -0.1) is 5.11 Å². The van der Waals surface area contributed by atoms with Crippen LogP contribution in [0.4, 0.5) is 17.1 Å². The fourth-order valence-electron chi connectivity index (χ4n) is 1.88. The van der Waals surface area contributed by atoms with E-state index >= 15 is 0 Å². The summed E-state index contributed by atoms with van der Waals surface area (Å²) in [6.07, 6.45) is 0. The fraction of sp³-hybridized carbons (Fsp3) is 0.200. The Bertz CT molecular complexity index is 652. The second kappa shape index (κ2) is 6.25. The van der Waals surface area contributed by atoms with Gasteiger partial charge in [-0.05, 0) is 48.9 Å². The third-order valence-electron chi connectivity index (χ3n) is 2.84. The maximum atomic E-state index is 6.04. The third-order valence-corrected chi connectivity index (χ3v) is 3.40. The van der Waals surface area contributed by atoms with Crippen LogP contribution < -0.4 is 4.90 Å². The van der Waals surface area contributed by atoms with E-state index in [1.165, 1.54) is 0 Å². The van der Waals surface area contributed by atoms with E-state index in [4.69, 9.17) is 23.2 Å². The van der Waals surface area contributed by atoms with Crippen molar-refractivity contribution >= 4 is 40.3 Å². The van der Waals surface area contributed by atoms with Gasteiger partial charge in [0, 0.05) is 24.8 Å². The molecule has 2 aromatic carbocycles. The average molecular weight is 308 g/mol. The van der Waals surface area contributed by atoms with E-state index in [0.29, 0.717) is 15.7 Å². The monoisotopic (exact) mass is 307 g/mol. The third kappa shape index (κ3) is 3.50. The zero-order valence-electron chi connectivity index (χ0n) is 11.6. The Labute approximate surface area is 128 Å². The number of anilines is 1. The fourth-order valence-corrected chi connectivity index (χ4v) is 2.20. The first-order valence-corrected chi connectivity index (χ1v) is 6.88. The topological polar surface area (TPSA) is 28.0 Å². The van der Waals surface area contributed by atoms with E-state index in [1.807, 2.05) is 39.2 Å². The molecule has 0 aliphatic carbocycles. The summed E-state index contributed by atoms with van der Waals surface area (Å²) >= 11 is 12.0. The first kappa shape index (κ1) is 14.8. The van der Waals surface area contributed by atoms with Crippen LogP contribution in [-0.2, 0) is 0 Å². The van der Waals surface area contributed by atoms with Crippen LogP contribution in [0.3, 0.4) is 0 Å². The van der Waals surface area contributed by atoms with Crippen LogP contribution in [0.2, 0.25) is 10.0 Å². The van der Waals surface area contributed by atoms with Crippen LogP contribution in [0.5, 0.6) is 0 Å². The molecule has 0 saturated heterocycles. The molecule has 20 heavy (non-hydrogen) atoms. The van der Waals surface area contributed by atoms with Gasteiger partial charge in [0.05, 0.1) is 10.7 Å². The number of aryl methyl sites for hydroxylation is 1. The standard InChI is InChI=1S/C15H15Cl2N3/c1-10-8-12(5-7-15(10)20(2)3)18-19-14-9-11(16)4-6-13(14)17/h4-9H,1-3H3. The summed E-state index contributed by atoms with van der Waals surface area (Å²) in [5.74, 6) is 0. The van der Waals surface area contributed by atoms with E-state index in [9.17, 15) is 0 Å². The molecule has 3 nitrogen and oxygen atoms in total. The highest BCUT2D eigenvalue weighted by Gasteiger charge is 2.02. The zero-order valence-corrected chi connectivity index (χ0v) is 13.1. The van der Waals surface area contributed by atoms with Crippen molar-refractivity contribution in [3.05, 3.63) is 52.0 Å². The van der Waals surface area contributed by atoms with Crippen molar-refractivity contribution in [1.29, 1.82) is 0 Å². The second-order valence-electron chi connectivity index (χ2n) is 4.66. The first-order valence-electron chi connectivity index (χ1n) is 6.12. The Balaban J connectivity index is 2.28. The van der Waals surface area contributed by atoms with Crippen molar-refractivity contribution in [3.8, 4) is 0 Å². The van der Waals surface area contributed by atoms with Gasteiger partial charge in [0.1, 0.15) is 5.69 Å². The highest BCUT2D eigenvalue weighted by Crippen LogP contribution is 2.30. The van der Waals surface area contributed by atoms with Crippen molar-refractivity contribution in [2.75, 3.05) is 19.0 Å². The minimum Gasteiger partial charge on any atom is -0.377 e. The highest BCUT2D eigenvalue weighted by atomic mass is 35.5. The molecular formula is C15H15Cl2N3. The largest absolute Gasteiger partial charge is 0.377 e. The van der Waals surface area contributed by atoms with Gasteiger partial charge in [-0.3, -0.25) is 0 Å². The van der Waals surface area contributed by atoms with Gasteiger partial charge < -0.3 is 4.90 Å². The predicted molar refractivity (Wildman–Crippen MR) is 86.1 cm³/mol. The summed E-state index contributed by atoms with van der Waals surface area (Å²) < 4.78 is 0. The Hall–Kier alpha value is -1.58. The van der Waals surface area contributed by atoms with Gasteiger partial charge in [-0.25, -0.2) is 0 Å². The Morgan fingerprint density at radius 2 is 1.70 bits per heavy atom. The van der Waals surface area contributed by atoms with Crippen LogP contribution in [0.1, 0.15) is 5.56 Å². The number of nitrogens with zero attached hydrogens (tertiary/aromatic N) is 3. The maximum absolute atomic E-state index is 6.04. The predicted octanol–water partition coefficient (Wildman–Crippen LogP) is 5.78. The minimum atomic E-state index is 0.528. The molecule has 0 N–H and O–H groups in total. The average Bonchev–Trinajstić information content (AvgIpc) is 2.39. The molecule has 0 amide bonds. The van der Waals surface area contributed by atoms with Gasteiger partial charge >= 0.3 is 0 Å². The van der Waals surface area contributed by atoms with Crippen molar-refractivity contribution in [1.82, 2.24) is 0 Å². The summed E-state index contributed by atoms with van der Waals surface area (Å²) in [6, 6.07) is 11.0. The molecule has 104 valence electrons. The minimum absolute atomic E-state index is 0.528. The summed E-state index contributed by atoms with van der Waals surface area (Å²) in [7, 11) is 4.02. The Morgan fingerprint density at radius 3 is 2.35 bits per heavy atom. The molecule has 0 spiro atoms. The summed E-state index contributed by atoms with van der Waals surface area (Å²) in [6.45, 7) is 2.04. The zero-order chi connectivity index (χ0) is 14.7. The summed E-state index contributed by atoms with van der Waals surface area (Å²) in [4.78, 5) is 2.06. The molecule has 0 saturated carbocycles. The highest BCUT2D eigenvalue weighted by molar-refractivity contribution is 6.35. The molecule has 0 unspecified atom stereocenters. The van der Waals surface area contributed by atoms with Gasteiger partial charge in [-0.2, -0.15) is 5.11 Å². The van der Waals surface area contributed by atoms with E-state index in [1.54, 1.807) is 18.2 Å². The molecule has 0 atom stereocenters. The van der Waals surface area contributed by atoms with Crippen molar-refractivity contribution < 1.29 is 0 Å². The van der Waals surface area contributed by atoms with Crippen LogP contribution in [-0.4, -0.2) is 14.1 Å². The molecule has 0 aliphatic heterocycles. The smallest absolute Gasteiger partial charge is 0.106 e. The van der Waals surface area contributed by atoms with Crippen molar-refractivity contribution in [2.24, 2.45) is 10.2 Å². The number of azo groups is 1. The van der Waals surface area contributed by atoms with Crippen molar-refractivity contribution in [2.45, 2.75) is 6.92 Å². The van der Waals surface area contributed by atoms with Crippen LogP contribution in [0.25, 0.3) is 0 Å². The van der Waals surface area contributed by atoms with Crippen molar-refractivity contribution in [3.63, 3.8) is 0 Å². The quantitative estimate of drug-likeness (QED) is 0.660. The van der Waals surface area contributed by atoms with Gasteiger partial charge in [0.25, 0.3) is 0 Å². The maximum Gasteiger partial charge on any atom is 0.106 e. The van der Waals surface area contributed by atoms with E-state index < -0.39 is 0 Å². The lowest BCUT2D eigenvalue weighted by Gasteiger charge is -2.15. The molecule has 0 fully saturated rings. The Kier molecular flexibility index (Phi) is 4.63. The SMILES string of the molecule is Cc1cc(N=Nc2cc(Cl)ccc2Cl)ccc1N(C)C. The summed E-state index contributed by atoms with van der Waals surface area (Å²) in [5, 5.41) is 9.46. The molecule has 2 rings (SSSR count). The van der Waals surface area contributed by atoms with E-state index in [-0.39, 0.29) is 0 Å². The number of rotatable bonds is 3. The molecule has 0 aliphatic rings. The lowest BCUT2D eigenvalue weighted by molar-refractivity contribution is 1.11. The van der Waals surface area contributed by atoms with Gasteiger partial charge in [-0.1, -0.05) is 23.2 Å². The molecule has 0 heterocycles. The summed E-state index contributed by atoms with van der Waals surface area (Å²) in [5.41, 5.74) is 3.64. The first-order chi connectivity index (χ1) is 9.47. The molecule has 2 aromatic rings. The number of benzene rings is 2. The van der Waals surface area contributed by atoms with E-state index in [0.717, 1.165) is 16.9 Å². The molecule has 0 aromatic heterocycles. The number of hydrogen-bond donors (Lipinski definition) is 0. The lowest BCUT2D eigenvalue weighted by atomic mass is 10.1. The molecule has 0 bridgehead atoms. The van der Waals surface area contributed by atoms with Crippen LogP contribution in [0, 0.1) is 6.92 Å². The number of hydrogen-bond acceptors (Lipinski definition) is 3. The molecular weight excluding hydrogens is 293 g/mol. The van der Waals surface area contributed by atoms with E-state index in [2.05, 4.69) is 15.1 Å². The number of halogens is 2. The lowest BCUT2D eigenvalue weighted by Crippen LogP contribution is -2.09. The Morgan fingerprint density at radius 1 is 0.950 bits per heavy atom. The van der Waals surface area contributed by atoms with Crippen LogP contribution in [0.15, 0.2) is 46.6 Å². The molecule has 5 heteroatoms. The molecule has 0 radical (unpaired) electrons. The van der Waals surface area contributed by atoms with Gasteiger partial charge in [0.2, 0.25) is 0 Å².